The van der Waals surface area contributed by atoms with Crippen molar-refractivity contribution >= 4 is 0 Å². The first kappa shape index (κ1) is 10.0. The maximum atomic E-state index is 3.46. The highest BCUT2D eigenvalue weighted by Gasteiger charge is 2.33. The summed E-state index contributed by atoms with van der Waals surface area (Å²) in [5.41, 5.74) is 0.597. The summed E-state index contributed by atoms with van der Waals surface area (Å²) in [6, 6.07) is 0. The van der Waals surface area contributed by atoms with E-state index in [4.69, 9.17) is 0 Å². The number of hydrogen-bond acceptors (Lipinski definition) is 1. The molecule has 0 aliphatic carbocycles. The summed E-state index contributed by atoms with van der Waals surface area (Å²) in [6.07, 6.45) is 2.74. The molecule has 1 aliphatic heterocycles. The normalized spacial score (nSPS) is 37.2. The number of piperidine rings is 1. The van der Waals surface area contributed by atoms with E-state index in [1.54, 1.807) is 0 Å². The number of hydrogen-bond donors (Lipinski definition) is 1. The van der Waals surface area contributed by atoms with Crippen LogP contribution in [0.15, 0.2) is 0 Å². The lowest BCUT2D eigenvalue weighted by atomic mass is 9.68. The molecule has 1 aliphatic rings. The second kappa shape index (κ2) is 3.78. The van der Waals surface area contributed by atoms with Gasteiger partial charge in [0.2, 0.25) is 0 Å². The molecule has 0 spiro atoms. The van der Waals surface area contributed by atoms with Crippen LogP contribution in [0.25, 0.3) is 0 Å². The van der Waals surface area contributed by atoms with E-state index in [9.17, 15) is 0 Å². The molecule has 1 fully saturated rings. The minimum absolute atomic E-state index is 0.597. The van der Waals surface area contributed by atoms with Crippen molar-refractivity contribution in [1.29, 1.82) is 0 Å². The predicted molar refractivity (Wildman–Crippen MR) is 54.2 cm³/mol. The van der Waals surface area contributed by atoms with E-state index in [0.717, 1.165) is 11.8 Å². The Bertz CT molecular complexity index is 142. The van der Waals surface area contributed by atoms with Gasteiger partial charge in [0.05, 0.1) is 0 Å². The molecule has 0 aromatic rings. The molecule has 0 aromatic carbocycles. The monoisotopic (exact) mass is 169 g/mol. The lowest BCUT2D eigenvalue weighted by Crippen LogP contribution is -2.42. The van der Waals surface area contributed by atoms with Crippen molar-refractivity contribution in [2.24, 2.45) is 17.3 Å². The van der Waals surface area contributed by atoms with Gasteiger partial charge in [0.15, 0.2) is 0 Å². The standard InChI is InChI=1S/C11H23N/c1-9(2)7-11(4)5-6-12-8-10(11)3/h9-10,12H,5-8H2,1-4H3. The molecule has 72 valence electrons. The predicted octanol–water partition coefficient (Wildman–Crippen LogP) is 2.67. The topological polar surface area (TPSA) is 12.0 Å². The van der Waals surface area contributed by atoms with Gasteiger partial charge in [0.1, 0.15) is 0 Å². The van der Waals surface area contributed by atoms with Gasteiger partial charge in [0.25, 0.3) is 0 Å². The molecule has 0 bridgehead atoms. The second-order valence-corrected chi connectivity index (χ2v) is 5.11. The first-order valence-corrected chi connectivity index (χ1v) is 5.25. The van der Waals surface area contributed by atoms with Crippen LogP contribution in [0.2, 0.25) is 0 Å². The van der Waals surface area contributed by atoms with Gasteiger partial charge >= 0.3 is 0 Å². The maximum absolute atomic E-state index is 3.46. The van der Waals surface area contributed by atoms with Crippen molar-refractivity contribution < 1.29 is 0 Å². The molecule has 1 nitrogen and oxygen atoms in total. The van der Waals surface area contributed by atoms with Gasteiger partial charge in [-0.05, 0) is 43.2 Å². The summed E-state index contributed by atoms with van der Waals surface area (Å²) in [7, 11) is 0. The molecule has 1 saturated heterocycles. The third kappa shape index (κ3) is 2.22. The van der Waals surface area contributed by atoms with Crippen molar-refractivity contribution in [3.63, 3.8) is 0 Å². The molecule has 0 saturated carbocycles. The summed E-state index contributed by atoms with van der Waals surface area (Å²) >= 11 is 0. The molecular formula is C11H23N. The van der Waals surface area contributed by atoms with Gasteiger partial charge < -0.3 is 5.32 Å². The highest BCUT2D eigenvalue weighted by atomic mass is 14.9. The summed E-state index contributed by atoms with van der Waals surface area (Å²) in [5, 5.41) is 3.46. The fourth-order valence-electron chi connectivity index (χ4n) is 2.42. The van der Waals surface area contributed by atoms with Crippen molar-refractivity contribution in [2.45, 2.75) is 40.5 Å². The SMILES string of the molecule is CC(C)CC1(C)CCNCC1C. The van der Waals surface area contributed by atoms with E-state index >= 15 is 0 Å². The van der Waals surface area contributed by atoms with Crippen LogP contribution in [-0.4, -0.2) is 13.1 Å². The zero-order valence-corrected chi connectivity index (χ0v) is 8.98. The van der Waals surface area contributed by atoms with Gasteiger partial charge in [-0.15, -0.1) is 0 Å². The zero-order chi connectivity index (χ0) is 9.19. The average Bonchev–Trinajstić information content (AvgIpc) is 1.94. The van der Waals surface area contributed by atoms with Gasteiger partial charge in [-0.25, -0.2) is 0 Å². The molecule has 1 heterocycles. The minimum Gasteiger partial charge on any atom is -0.316 e. The van der Waals surface area contributed by atoms with Gasteiger partial charge in [0, 0.05) is 0 Å². The summed E-state index contributed by atoms with van der Waals surface area (Å²) in [4.78, 5) is 0. The van der Waals surface area contributed by atoms with E-state index < -0.39 is 0 Å². The summed E-state index contributed by atoms with van der Waals surface area (Å²) in [6.45, 7) is 11.9. The van der Waals surface area contributed by atoms with E-state index in [2.05, 4.69) is 33.0 Å². The maximum Gasteiger partial charge on any atom is -0.00179 e. The van der Waals surface area contributed by atoms with Crippen molar-refractivity contribution in [3.8, 4) is 0 Å². The van der Waals surface area contributed by atoms with Crippen molar-refractivity contribution in [1.82, 2.24) is 5.32 Å². The van der Waals surface area contributed by atoms with Crippen LogP contribution in [0.1, 0.15) is 40.5 Å². The third-order valence-electron chi connectivity index (χ3n) is 3.39. The van der Waals surface area contributed by atoms with E-state index in [0.29, 0.717) is 5.41 Å². The molecule has 12 heavy (non-hydrogen) atoms. The largest absolute Gasteiger partial charge is 0.316 e. The molecule has 2 unspecified atom stereocenters. The highest BCUT2D eigenvalue weighted by molar-refractivity contribution is 4.86. The quantitative estimate of drug-likeness (QED) is 0.670. The van der Waals surface area contributed by atoms with Crippen LogP contribution < -0.4 is 5.32 Å². The van der Waals surface area contributed by atoms with Gasteiger partial charge in [-0.3, -0.25) is 0 Å². The van der Waals surface area contributed by atoms with Crippen LogP contribution in [-0.2, 0) is 0 Å². The fourth-order valence-corrected chi connectivity index (χ4v) is 2.42. The molecule has 0 radical (unpaired) electrons. The fraction of sp³-hybridized carbons (Fsp3) is 1.00. The van der Waals surface area contributed by atoms with E-state index in [1.165, 1.54) is 25.9 Å². The molecule has 1 heteroatoms. The summed E-state index contributed by atoms with van der Waals surface area (Å²) in [5.74, 6) is 1.68. The molecule has 0 amide bonds. The van der Waals surface area contributed by atoms with Crippen molar-refractivity contribution in [2.75, 3.05) is 13.1 Å². The second-order valence-electron chi connectivity index (χ2n) is 5.11. The molecule has 2 atom stereocenters. The first-order valence-electron chi connectivity index (χ1n) is 5.25. The van der Waals surface area contributed by atoms with Crippen LogP contribution in [0.5, 0.6) is 0 Å². The lowest BCUT2D eigenvalue weighted by molar-refractivity contribution is 0.113. The Balaban J connectivity index is 2.53. The Labute approximate surface area is 76.9 Å². The van der Waals surface area contributed by atoms with Crippen LogP contribution >= 0.6 is 0 Å². The average molecular weight is 169 g/mol. The van der Waals surface area contributed by atoms with Gasteiger partial charge in [-0.1, -0.05) is 27.7 Å². The first-order chi connectivity index (χ1) is 5.54. The Kier molecular flexibility index (Phi) is 3.16. The molecule has 1 N–H and O–H groups in total. The van der Waals surface area contributed by atoms with Crippen LogP contribution in [0, 0.1) is 17.3 Å². The van der Waals surface area contributed by atoms with Crippen molar-refractivity contribution in [3.05, 3.63) is 0 Å². The Hall–Kier alpha value is -0.0400. The summed E-state index contributed by atoms with van der Waals surface area (Å²) < 4.78 is 0. The molecular weight excluding hydrogens is 146 g/mol. The molecule has 1 rings (SSSR count). The minimum atomic E-state index is 0.597. The smallest absolute Gasteiger partial charge is 0.00179 e. The van der Waals surface area contributed by atoms with Crippen LogP contribution in [0.4, 0.5) is 0 Å². The Morgan fingerprint density at radius 3 is 2.67 bits per heavy atom. The Morgan fingerprint density at radius 2 is 2.17 bits per heavy atom. The lowest BCUT2D eigenvalue weighted by Gasteiger charge is -2.41. The van der Waals surface area contributed by atoms with E-state index in [1.807, 2.05) is 0 Å². The van der Waals surface area contributed by atoms with Crippen LogP contribution in [0.3, 0.4) is 0 Å². The highest BCUT2D eigenvalue weighted by Crippen LogP contribution is 2.38. The number of rotatable bonds is 2. The number of nitrogens with one attached hydrogen (secondary N) is 1. The van der Waals surface area contributed by atoms with Gasteiger partial charge in [-0.2, -0.15) is 0 Å². The third-order valence-corrected chi connectivity index (χ3v) is 3.39. The zero-order valence-electron chi connectivity index (χ0n) is 8.98. The van der Waals surface area contributed by atoms with E-state index in [-0.39, 0.29) is 0 Å². The molecule has 0 aromatic heterocycles. The Morgan fingerprint density at radius 1 is 1.50 bits per heavy atom.